The van der Waals surface area contributed by atoms with Gasteiger partial charge in [-0.2, -0.15) is 0 Å². The van der Waals surface area contributed by atoms with Gasteiger partial charge in [-0.15, -0.1) is 0 Å². The third-order valence-corrected chi connectivity index (χ3v) is 6.47. The number of halogens is 1. The summed E-state index contributed by atoms with van der Waals surface area (Å²) in [5.74, 6) is 0.888. The molecule has 2 amide bonds. The first-order chi connectivity index (χ1) is 14.3. The lowest BCUT2D eigenvalue weighted by Gasteiger charge is -2.19. The molecule has 0 spiro atoms. The van der Waals surface area contributed by atoms with Gasteiger partial charge < -0.3 is 9.47 Å². The molecule has 2 aromatic rings. The van der Waals surface area contributed by atoms with Crippen LogP contribution in [-0.4, -0.2) is 29.2 Å². The standard InChI is InChI=1S/C23H24BrNO4S/c1-5-15(3)25-22(26)21(30-23(25)27)11-17-10-19(28-4)20(12-18(17)24)29-13-16-8-6-7-14(2)9-16/h6-12,15H,5,13H2,1-4H3/b21-11+/t15-/m1/s1. The van der Waals surface area contributed by atoms with Gasteiger partial charge in [0, 0.05) is 10.5 Å². The van der Waals surface area contributed by atoms with E-state index in [1.54, 1.807) is 19.3 Å². The first-order valence-corrected chi connectivity index (χ1v) is 11.3. The third kappa shape index (κ3) is 4.90. The molecule has 1 aliphatic rings. The first kappa shape index (κ1) is 22.4. The number of aryl methyl sites for hydroxylation is 1. The van der Waals surface area contributed by atoms with Crippen LogP contribution in [0.25, 0.3) is 6.08 Å². The van der Waals surface area contributed by atoms with Gasteiger partial charge in [-0.25, -0.2) is 0 Å². The summed E-state index contributed by atoms with van der Waals surface area (Å²) in [6.45, 7) is 6.28. The topological polar surface area (TPSA) is 55.8 Å². The Hall–Kier alpha value is -2.25. The largest absolute Gasteiger partial charge is 0.493 e. The molecule has 0 radical (unpaired) electrons. The molecule has 158 valence electrons. The number of hydrogen-bond donors (Lipinski definition) is 0. The van der Waals surface area contributed by atoms with Crippen LogP contribution in [0.4, 0.5) is 4.79 Å². The minimum Gasteiger partial charge on any atom is -0.493 e. The molecule has 0 aromatic heterocycles. The Labute approximate surface area is 189 Å². The molecular weight excluding hydrogens is 466 g/mol. The highest BCUT2D eigenvalue weighted by molar-refractivity contribution is 9.10. The molecular formula is C23H24BrNO4S. The number of thioether (sulfide) groups is 1. The molecule has 0 N–H and O–H groups in total. The van der Waals surface area contributed by atoms with E-state index in [9.17, 15) is 9.59 Å². The van der Waals surface area contributed by atoms with E-state index in [2.05, 4.69) is 22.0 Å². The highest BCUT2D eigenvalue weighted by Crippen LogP contribution is 2.39. The van der Waals surface area contributed by atoms with E-state index in [1.165, 1.54) is 10.5 Å². The van der Waals surface area contributed by atoms with Crippen LogP contribution >= 0.6 is 27.7 Å². The van der Waals surface area contributed by atoms with Gasteiger partial charge in [0.15, 0.2) is 11.5 Å². The number of nitrogens with zero attached hydrogens (tertiary/aromatic N) is 1. The van der Waals surface area contributed by atoms with E-state index in [1.807, 2.05) is 45.0 Å². The van der Waals surface area contributed by atoms with Crippen molar-refractivity contribution in [1.29, 1.82) is 0 Å². The fraction of sp³-hybridized carbons (Fsp3) is 0.304. The summed E-state index contributed by atoms with van der Waals surface area (Å²) in [4.78, 5) is 26.7. The van der Waals surface area contributed by atoms with Gasteiger partial charge in [-0.3, -0.25) is 14.5 Å². The summed E-state index contributed by atoms with van der Waals surface area (Å²) >= 11 is 4.51. The van der Waals surface area contributed by atoms with Crippen LogP contribution in [-0.2, 0) is 11.4 Å². The maximum Gasteiger partial charge on any atom is 0.293 e. The van der Waals surface area contributed by atoms with Gasteiger partial charge in [-0.1, -0.05) is 52.7 Å². The summed E-state index contributed by atoms with van der Waals surface area (Å²) in [7, 11) is 1.57. The fourth-order valence-corrected chi connectivity index (χ4v) is 4.44. The highest BCUT2D eigenvalue weighted by Gasteiger charge is 2.37. The zero-order chi connectivity index (χ0) is 21.8. The molecule has 30 heavy (non-hydrogen) atoms. The molecule has 5 nitrogen and oxygen atoms in total. The van der Waals surface area contributed by atoms with Crippen LogP contribution < -0.4 is 9.47 Å². The van der Waals surface area contributed by atoms with Crippen LogP contribution in [0.15, 0.2) is 45.8 Å². The van der Waals surface area contributed by atoms with E-state index in [-0.39, 0.29) is 17.2 Å². The third-order valence-electron chi connectivity index (χ3n) is 4.90. The zero-order valence-electron chi connectivity index (χ0n) is 17.4. The Bertz CT molecular complexity index is 1000. The van der Waals surface area contributed by atoms with Crippen LogP contribution in [0, 0.1) is 6.92 Å². The predicted octanol–water partition coefficient (Wildman–Crippen LogP) is 6.18. The molecule has 0 aliphatic carbocycles. The number of ether oxygens (including phenoxy) is 2. The van der Waals surface area contributed by atoms with Gasteiger partial charge in [-0.05, 0) is 61.4 Å². The SMILES string of the molecule is CC[C@@H](C)N1C(=O)S/C(=C/c2cc(OC)c(OCc3cccc(C)c3)cc2Br)C1=O. The normalized spacial score (nSPS) is 16.3. The molecule has 1 aliphatic heterocycles. The predicted molar refractivity (Wildman–Crippen MR) is 124 cm³/mol. The van der Waals surface area contributed by atoms with Crippen molar-refractivity contribution >= 4 is 44.9 Å². The Morgan fingerprint density at radius 3 is 2.63 bits per heavy atom. The lowest BCUT2D eigenvalue weighted by atomic mass is 10.1. The van der Waals surface area contributed by atoms with Crippen molar-refractivity contribution in [1.82, 2.24) is 4.90 Å². The molecule has 0 saturated carbocycles. The Morgan fingerprint density at radius 1 is 1.20 bits per heavy atom. The van der Waals surface area contributed by atoms with Crippen molar-refractivity contribution < 1.29 is 19.1 Å². The van der Waals surface area contributed by atoms with Gasteiger partial charge in [0.2, 0.25) is 0 Å². The van der Waals surface area contributed by atoms with Crippen LogP contribution in [0.2, 0.25) is 0 Å². The molecule has 1 saturated heterocycles. The van der Waals surface area contributed by atoms with E-state index in [0.29, 0.717) is 23.0 Å². The number of amides is 2. The monoisotopic (exact) mass is 489 g/mol. The number of benzene rings is 2. The maximum absolute atomic E-state index is 12.7. The smallest absolute Gasteiger partial charge is 0.293 e. The van der Waals surface area contributed by atoms with E-state index < -0.39 is 0 Å². The Kier molecular flexibility index (Phi) is 7.26. The second kappa shape index (κ2) is 9.71. The van der Waals surface area contributed by atoms with Gasteiger partial charge in [0.1, 0.15) is 6.61 Å². The first-order valence-electron chi connectivity index (χ1n) is 9.67. The van der Waals surface area contributed by atoms with Crippen molar-refractivity contribution in [3.8, 4) is 11.5 Å². The van der Waals surface area contributed by atoms with E-state index in [0.717, 1.165) is 33.8 Å². The number of carbonyl (C=O) groups excluding carboxylic acids is 2. The second-order valence-electron chi connectivity index (χ2n) is 7.11. The average molecular weight is 490 g/mol. The molecule has 1 fully saturated rings. The molecule has 0 unspecified atom stereocenters. The zero-order valence-corrected chi connectivity index (χ0v) is 19.8. The van der Waals surface area contributed by atoms with E-state index in [4.69, 9.17) is 9.47 Å². The summed E-state index contributed by atoms with van der Waals surface area (Å²) in [5.41, 5.74) is 2.98. The highest BCUT2D eigenvalue weighted by atomic mass is 79.9. The Balaban J connectivity index is 1.84. The fourth-order valence-electron chi connectivity index (χ4n) is 3.08. The molecule has 0 bridgehead atoms. The molecule has 1 atom stereocenters. The Morgan fingerprint density at radius 2 is 1.97 bits per heavy atom. The number of rotatable bonds is 7. The molecule has 1 heterocycles. The van der Waals surface area contributed by atoms with Crippen LogP contribution in [0.5, 0.6) is 11.5 Å². The van der Waals surface area contributed by atoms with Crippen LogP contribution in [0.3, 0.4) is 0 Å². The van der Waals surface area contributed by atoms with Crippen molar-refractivity contribution in [3.63, 3.8) is 0 Å². The number of carbonyl (C=O) groups is 2. The van der Waals surface area contributed by atoms with Gasteiger partial charge >= 0.3 is 0 Å². The second-order valence-corrected chi connectivity index (χ2v) is 8.96. The van der Waals surface area contributed by atoms with Crippen molar-refractivity contribution in [2.24, 2.45) is 0 Å². The van der Waals surface area contributed by atoms with Crippen molar-refractivity contribution in [2.45, 2.75) is 39.8 Å². The average Bonchev–Trinajstić information content (AvgIpc) is 3.00. The lowest BCUT2D eigenvalue weighted by Crippen LogP contribution is -2.36. The number of imide groups is 1. The minimum atomic E-state index is -0.259. The quantitative estimate of drug-likeness (QED) is 0.434. The van der Waals surface area contributed by atoms with Crippen molar-refractivity contribution in [2.75, 3.05) is 7.11 Å². The van der Waals surface area contributed by atoms with Gasteiger partial charge in [0.25, 0.3) is 11.1 Å². The maximum atomic E-state index is 12.7. The molecule has 7 heteroatoms. The molecule has 3 rings (SSSR count). The lowest BCUT2D eigenvalue weighted by molar-refractivity contribution is -0.124. The van der Waals surface area contributed by atoms with Gasteiger partial charge in [0.05, 0.1) is 12.0 Å². The summed E-state index contributed by atoms with van der Waals surface area (Å²) in [6.07, 6.45) is 2.43. The minimum absolute atomic E-state index is 0.126. The van der Waals surface area contributed by atoms with Crippen LogP contribution in [0.1, 0.15) is 37.0 Å². The number of methoxy groups -OCH3 is 1. The van der Waals surface area contributed by atoms with E-state index >= 15 is 0 Å². The van der Waals surface area contributed by atoms with Crippen molar-refractivity contribution in [3.05, 3.63) is 62.5 Å². The summed E-state index contributed by atoms with van der Waals surface area (Å²) in [5, 5.41) is -0.234. The molecule has 2 aromatic carbocycles. The number of hydrogen-bond acceptors (Lipinski definition) is 5. The summed E-state index contributed by atoms with van der Waals surface area (Å²) in [6, 6.07) is 11.6. The summed E-state index contributed by atoms with van der Waals surface area (Å²) < 4.78 is 12.2.